The number of hydrogen-bond donors (Lipinski definition) is 1. The summed E-state index contributed by atoms with van der Waals surface area (Å²) < 4.78 is 25.4. The summed E-state index contributed by atoms with van der Waals surface area (Å²) in [5.41, 5.74) is 3.56. The SMILES string of the molecule is Cc1nn([C@@H]2CCS(=O)(=O)C2)c(C)c1CN(C)CC(=O)Nc1ccc(Cl)cc1. The number of likely N-dealkylation sites (N-methyl/N-ethyl adjacent to an activating group) is 1. The van der Waals surface area contributed by atoms with Gasteiger partial charge >= 0.3 is 0 Å². The number of nitrogens with zero attached hydrogens (tertiary/aromatic N) is 3. The molecule has 2 aromatic rings. The molecule has 1 atom stereocenters. The quantitative estimate of drug-likeness (QED) is 0.770. The Morgan fingerprint density at radius 1 is 1.32 bits per heavy atom. The summed E-state index contributed by atoms with van der Waals surface area (Å²) in [6.07, 6.45) is 0.600. The summed E-state index contributed by atoms with van der Waals surface area (Å²) in [5, 5.41) is 8.04. The second kappa shape index (κ2) is 8.23. The number of carbonyl (C=O) groups excluding carboxylic acids is 1. The second-order valence-corrected chi connectivity index (χ2v) is 10.0. The number of aryl methyl sites for hydroxylation is 1. The van der Waals surface area contributed by atoms with Gasteiger partial charge in [0.05, 0.1) is 29.8 Å². The van der Waals surface area contributed by atoms with Gasteiger partial charge in [0, 0.05) is 28.5 Å². The van der Waals surface area contributed by atoms with Gasteiger partial charge in [-0.15, -0.1) is 0 Å². The van der Waals surface area contributed by atoms with Gasteiger partial charge in [-0.3, -0.25) is 14.4 Å². The monoisotopic (exact) mass is 424 g/mol. The van der Waals surface area contributed by atoms with E-state index >= 15 is 0 Å². The number of sulfone groups is 1. The van der Waals surface area contributed by atoms with E-state index in [0.29, 0.717) is 23.7 Å². The van der Waals surface area contributed by atoms with E-state index in [9.17, 15) is 13.2 Å². The summed E-state index contributed by atoms with van der Waals surface area (Å²) in [4.78, 5) is 14.2. The van der Waals surface area contributed by atoms with Crippen molar-refractivity contribution in [1.82, 2.24) is 14.7 Å². The van der Waals surface area contributed by atoms with Gasteiger partial charge in [0.15, 0.2) is 9.84 Å². The number of anilines is 1. The van der Waals surface area contributed by atoms with Crippen LogP contribution in [0.4, 0.5) is 5.69 Å². The van der Waals surface area contributed by atoms with Gasteiger partial charge in [0.25, 0.3) is 0 Å². The molecule has 9 heteroatoms. The van der Waals surface area contributed by atoms with Crippen LogP contribution < -0.4 is 5.32 Å². The largest absolute Gasteiger partial charge is 0.325 e. The third-order valence-electron chi connectivity index (χ3n) is 5.00. The van der Waals surface area contributed by atoms with E-state index in [1.807, 2.05) is 30.5 Å². The number of nitrogens with one attached hydrogen (secondary N) is 1. The molecule has 1 aromatic heterocycles. The summed E-state index contributed by atoms with van der Waals surface area (Å²) >= 11 is 5.85. The smallest absolute Gasteiger partial charge is 0.238 e. The minimum Gasteiger partial charge on any atom is -0.325 e. The molecule has 1 aliphatic rings. The lowest BCUT2D eigenvalue weighted by Gasteiger charge is -2.17. The number of amides is 1. The predicted octanol–water partition coefficient (Wildman–Crippen LogP) is 2.58. The molecule has 7 nitrogen and oxygen atoms in total. The highest BCUT2D eigenvalue weighted by molar-refractivity contribution is 7.91. The maximum Gasteiger partial charge on any atom is 0.238 e. The standard InChI is InChI=1S/C19H25ClN4O3S/c1-13-18(14(2)24(22-13)17-8-9-28(26,27)12-17)10-23(3)11-19(25)21-16-6-4-15(20)5-7-16/h4-7,17H,8-12H2,1-3H3,(H,21,25)/t17-/m1/s1. The second-order valence-electron chi connectivity index (χ2n) is 7.38. The fourth-order valence-electron chi connectivity index (χ4n) is 3.55. The van der Waals surface area contributed by atoms with Gasteiger partial charge in [-0.2, -0.15) is 5.10 Å². The van der Waals surface area contributed by atoms with E-state index < -0.39 is 9.84 Å². The zero-order chi connectivity index (χ0) is 20.5. The topological polar surface area (TPSA) is 84.3 Å². The first-order valence-electron chi connectivity index (χ1n) is 9.13. The Kier molecular flexibility index (Phi) is 6.12. The van der Waals surface area contributed by atoms with Crippen molar-refractivity contribution >= 4 is 33.0 Å². The molecule has 1 amide bonds. The number of rotatable bonds is 6. The van der Waals surface area contributed by atoms with E-state index in [4.69, 9.17) is 11.6 Å². The van der Waals surface area contributed by atoms with E-state index in [2.05, 4.69) is 10.4 Å². The van der Waals surface area contributed by atoms with E-state index in [1.54, 1.807) is 24.3 Å². The maximum atomic E-state index is 12.3. The van der Waals surface area contributed by atoms with Gasteiger partial charge in [-0.1, -0.05) is 11.6 Å². The molecule has 0 spiro atoms. The Balaban J connectivity index is 1.63. The van der Waals surface area contributed by atoms with Crippen LogP contribution in [0.1, 0.15) is 29.4 Å². The van der Waals surface area contributed by atoms with Crippen molar-refractivity contribution in [3.63, 3.8) is 0 Å². The lowest BCUT2D eigenvalue weighted by molar-refractivity contribution is -0.117. The summed E-state index contributed by atoms with van der Waals surface area (Å²) in [6.45, 7) is 4.67. The molecule has 1 aromatic carbocycles. The van der Waals surface area contributed by atoms with E-state index in [1.165, 1.54) is 0 Å². The molecule has 0 unspecified atom stereocenters. The normalized spacial score (nSPS) is 18.5. The van der Waals surface area contributed by atoms with Crippen LogP contribution in [-0.4, -0.2) is 54.1 Å². The fraction of sp³-hybridized carbons (Fsp3) is 0.474. The Morgan fingerprint density at radius 3 is 2.61 bits per heavy atom. The highest BCUT2D eigenvalue weighted by Gasteiger charge is 2.31. The molecule has 0 saturated carbocycles. The summed E-state index contributed by atoms with van der Waals surface area (Å²) in [7, 11) is -1.10. The first kappa shape index (κ1) is 20.8. The van der Waals surface area contributed by atoms with Gasteiger partial charge in [-0.05, 0) is 51.6 Å². The predicted molar refractivity (Wildman–Crippen MR) is 110 cm³/mol. The van der Waals surface area contributed by atoms with E-state index in [0.717, 1.165) is 17.0 Å². The lowest BCUT2D eigenvalue weighted by atomic mass is 10.1. The maximum absolute atomic E-state index is 12.3. The zero-order valence-corrected chi connectivity index (χ0v) is 17.8. The molecule has 0 bridgehead atoms. The number of carbonyl (C=O) groups is 1. The van der Waals surface area contributed by atoms with Crippen molar-refractivity contribution in [3.8, 4) is 0 Å². The van der Waals surface area contributed by atoms with Crippen LogP contribution in [0.15, 0.2) is 24.3 Å². The summed E-state index contributed by atoms with van der Waals surface area (Å²) in [5.74, 6) is 0.249. The van der Waals surface area contributed by atoms with Crippen LogP contribution in [0.5, 0.6) is 0 Å². The molecule has 28 heavy (non-hydrogen) atoms. The highest BCUT2D eigenvalue weighted by atomic mass is 35.5. The third-order valence-corrected chi connectivity index (χ3v) is 7.00. The minimum atomic E-state index is -2.97. The van der Waals surface area contributed by atoms with Crippen LogP contribution in [0.3, 0.4) is 0 Å². The van der Waals surface area contributed by atoms with Crippen LogP contribution in [-0.2, 0) is 21.2 Å². The average molecular weight is 425 g/mol. The molecule has 1 fully saturated rings. The average Bonchev–Trinajstić information content (AvgIpc) is 3.10. The minimum absolute atomic E-state index is 0.101. The molecule has 0 aliphatic carbocycles. The molecule has 152 valence electrons. The van der Waals surface area contributed by atoms with Gasteiger partial charge in [0.2, 0.25) is 5.91 Å². The fourth-order valence-corrected chi connectivity index (χ4v) is 5.37. The lowest BCUT2D eigenvalue weighted by Crippen LogP contribution is -2.30. The number of benzene rings is 1. The number of aromatic nitrogens is 2. The van der Waals surface area contributed by atoms with E-state index in [-0.39, 0.29) is 30.0 Å². The van der Waals surface area contributed by atoms with Gasteiger partial charge in [-0.25, -0.2) is 8.42 Å². The first-order chi connectivity index (χ1) is 13.1. The van der Waals surface area contributed by atoms with Crippen molar-refractivity contribution < 1.29 is 13.2 Å². The Morgan fingerprint density at radius 2 is 2.00 bits per heavy atom. The van der Waals surface area contributed by atoms with Crippen molar-refractivity contribution in [1.29, 1.82) is 0 Å². The van der Waals surface area contributed by atoms with Crippen molar-refractivity contribution in [2.24, 2.45) is 0 Å². The highest BCUT2D eigenvalue weighted by Crippen LogP contribution is 2.27. The molecule has 2 heterocycles. The Hall–Kier alpha value is -1.90. The molecule has 1 N–H and O–H groups in total. The number of hydrogen-bond acceptors (Lipinski definition) is 5. The molecule has 1 aliphatic heterocycles. The Labute approximate surface area is 170 Å². The van der Waals surface area contributed by atoms with Crippen LogP contribution in [0, 0.1) is 13.8 Å². The van der Waals surface area contributed by atoms with Gasteiger partial charge < -0.3 is 5.32 Å². The van der Waals surface area contributed by atoms with Crippen LogP contribution in [0.2, 0.25) is 5.02 Å². The zero-order valence-electron chi connectivity index (χ0n) is 16.3. The molecular weight excluding hydrogens is 400 g/mol. The van der Waals surface area contributed by atoms with Crippen molar-refractivity contribution in [3.05, 3.63) is 46.2 Å². The molecule has 3 rings (SSSR count). The van der Waals surface area contributed by atoms with Crippen LogP contribution in [0.25, 0.3) is 0 Å². The molecule has 1 saturated heterocycles. The molecule has 0 radical (unpaired) electrons. The number of halogens is 1. The van der Waals surface area contributed by atoms with Gasteiger partial charge in [0.1, 0.15) is 0 Å². The third kappa shape index (κ3) is 4.92. The van der Waals surface area contributed by atoms with Crippen LogP contribution >= 0.6 is 11.6 Å². The summed E-state index contributed by atoms with van der Waals surface area (Å²) in [6, 6.07) is 6.87. The Bertz CT molecular complexity index is 970. The van der Waals surface area contributed by atoms with Crippen molar-refractivity contribution in [2.75, 3.05) is 30.4 Å². The van der Waals surface area contributed by atoms with Crippen molar-refractivity contribution in [2.45, 2.75) is 32.9 Å². The molecular formula is C19H25ClN4O3S. The first-order valence-corrected chi connectivity index (χ1v) is 11.3.